The summed E-state index contributed by atoms with van der Waals surface area (Å²) in [5.41, 5.74) is 1.63. The lowest BCUT2D eigenvalue weighted by Crippen LogP contribution is -2.40. The first kappa shape index (κ1) is 22.0. The minimum absolute atomic E-state index is 0.0968. The number of rotatable bonds is 5. The van der Waals surface area contributed by atoms with E-state index in [-0.39, 0.29) is 4.90 Å². The van der Waals surface area contributed by atoms with Crippen LogP contribution in [0.4, 0.5) is 4.39 Å². The molecule has 32 heavy (non-hydrogen) atoms. The summed E-state index contributed by atoms with van der Waals surface area (Å²) in [4.78, 5) is 4.59. The van der Waals surface area contributed by atoms with Crippen LogP contribution in [0.15, 0.2) is 71.8 Å². The lowest BCUT2D eigenvalue weighted by Gasteiger charge is -2.21. The second-order valence-corrected chi connectivity index (χ2v) is 10.1. The van der Waals surface area contributed by atoms with Crippen LogP contribution in [0, 0.1) is 5.82 Å². The maximum atomic E-state index is 15.2. The zero-order valence-corrected chi connectivity index (χ0v) is 19.1. The molecule has 4 aromatic rings. The van der Waals surface area contributed by atoms with E-state index in [1.165, 1.54) is 12.1 Å². The van der Waals surface area contributed by atoms with E-state index in [1.807, 2.05) is 12.1 Å². The highest BCUT2D eigenvalue weighted by Crippen LogP contribution is 2.32. The van der Waals surface area contributed by atoms with Crippen molar-refractivity contribution in [3.05, 3.63) is 72.7 Å². The number of methoxy groups -OCH3 is 1. The molecule has 0 amide bonds. The highest BCUT2D eigenvalue weighted by Gasteiger charge is 2.25. The van der Waals surface area contributed by atoms with Crippen LogP contribution in [0.25, 0.3) is 28.0 Å². The van der Waals surface area contributed by atoms with Crippen LogP contribution in [0.2, 0.25) is 0 Å². The van der Waals surface area contributed by atoms with E-state index in [4.69, 9.17) is 4.74 Å². The maximum Gasteiger partial charge on any atom is 0.241 e. The summed E-state index contributed by atoms with van der Waals surface area (Å²) in [5, 5.41) is 0. The molecule has 0 atom stereocenters. The van der Waals surface area contributed by atoms with Crippen molar-refractivity contribution >= 4 is 15.7 Å². The lowest BCUT2D eigenvalue weighted by molar-refractivity contribution is 0.392. The minimum Gasteiger partial charge on any atom is -0.482 e. The van der Waals surface area contributed by atoms with Gasteiger partial charge in [-0.1, -0.05) is 30.3 Å². The molecule has 0 unspecified atom stereocenters. The van der Waals surface area contributed by atoms with Crippen molar-refractivity contribution in [2.24, 2.45) is 0 Å². The molecule has 166 valence electrons. The van der Waals surface area contributed by atoms with E-state index >= 15 is 4.39 Å². The summed E-state index contributed by atoms with van der Waals surface area (Å²) in [7, 11) is -2.24. The largest absolute Gasteiger partial charge is 0.482 e. The fourth-order valence-electron chi connectivity index (χ4n) is 3.57. The summed E-state index contributed by atoms with van der Waals surface area (Å²) in [6, 6.07) is 16.6. The average molecular weight is 454 g/mol. The normalized spacial score (nSPS) is 12.3. The minimum atomic E-state index is -3.80. The van der Waals surface area contributed by atoms with Crippen LogP contribution in [0.5, 0.6) is 5.88 Å². The van der Waals surface area contributed by atoms with Gasteiger partial charge in [-0.2, -0.15) is 0 Å². The van der Waals surface area contributed by atoms with Crippen LogP contribution in [-0.4, -0.2) is 30.5 Å². The fourth-order valence-corrected chi connectivity index (χ4v) is 5.22. The molecule has 0 aliphatic heterocycles. The van der Waals surface area contributed by atoms with Crippen molar-refractivity contribution in [2.45, 2.75) is 31.2 Å². The van der Waals surface area contributed by atoms with Crippen molar-refractivity contribution in [1.29, 1.82) is 0 Å². The van der Waals surface area contributed by atoms with Gasteiger partial charge in [0.15, 0.2) is 5.88 Å². The Balaban J connectivity index is 1.78. The summed E-state index contributed by atoms with van der Waals surface area (Å²) >= 11 is 0. The zero-order valence-electron chi connectivity index (χ0n) is 18.3. The SMILES string of the molecule is COc1cccc2nc(-c3ccc(-c4ccccc4S(=O)(=O)NC(C)(C)C)cc3F)cn12. The zero-order chi connectivity index (χ0) is 23.1. The Labute approximate surface area is 186 Å². The number of halogens is 1. The first-order chi connectivity index (χ1) is 15.1. The highest BCUT2D eigenvalue weighted by molar-refractivity contribution is 7.89. The van der Waals surface area contributed by atoms with Gasteiger partial charge in [0.2, 0.25) is 10.0 Å². The van der Waals surface area contributed by atoms with Crippen molar-refractivity contribution in [2.75, 3.05) is 7.11 Å². The Morgan fingerprint density at radius 2 is 1.75 bits per heavy atom. The number of benzene rings is 2. The standard InChI is InChI=1S/C24H24FN3O3S/c1-24(2,3)27-32(29,30)21-9-6-5-8-17(21)16-12-13-18(19(25)14-16)20-15-28-22(26-20)10-7-11-23(28)31-4/h5-15,27H,1-4H3. The molecule has 2 heterocycles. The topological polar surface area (TPSA) is 72.7 Å². The number of pyridine rings is 1. The summed E-state index contributed by atoms with van der Waals surface area (Å²) in [6.45, 7) is 5.31. The molecule has 0 radical (unpaired) electrons. The van der Waals surface area contributed by atoms with Gasteiger partial charge < -0.3 is 4.74 Å². The quantitative estimate of drug-likeness (QED) is 0.467. The van der Waals surface area contributed by atoms with Gasteiger partial charge in [-0.15, -0.1) is 0 Å². The molecule has 0 aliphatic carbocycles. The van der Waals surface area contributed by atoms with Crippen molar-refractivity contribution < 1.29 is 17.5 Å². The third kappa shape index (κ3) is 4.24. The van der Waals surface area contributed by atoms with E-state index in [2.05, 4.69) is 9.71 Å². The highest BCUT2D eigenvalue weighted by atomic mass is 32.2. The van der Waals surface area contributed by atoms with E-state index in [0.29, 0.717) is 33.9 Å². The predicted molar refractivity (Wildman–Crippen MR) is 123 cm³/mol. The maximum absolute atomic E-state index is 15.2. The van der Waals surface area contributed by atoms with Crippen LogP contribution < -0.4 is 9.46 Å². The van der Waals surface area contributed by atoms with Gasteiger partial charge in [-0.3, -0.25) is 4.40 Å². The van der Waals surface area contributed by atoms with E-state index in [9.17, 15) is 8.42 Å². The summed E-state index contributed by atoms with van der Waals surface area (Å²) in [5.74, 6) is 0.0876. The van der Waals surface area contributed by atoms with E-state index in [0.717, 1.165) is 0 Å². The Morgan fingerprint density at radius 3 is 2.44 bits per heavy atom. The van der Waals surface area contributed by atoms with Gasteiger partial charge in [0.1, 0.15) is 11.5 Å². The average Bonchev–Trinajstić information content (AvgIpc) is 3.16. The molecule has 0 aliphatic rings. The van der Waals surface area contributed by atoms with Crippen molar-refractivity contribution in [3.8, 4) is 28.3 Å². The molecule has 0 saturated heterocycles. The number of nitrogens with zero attached hydrogens (tertiary/aromatic N) is 2. The van der Waals surface area contributed by atoms with Gasteiger partial charge in [-0.25, -0.2) is 22.5 Å². The van der Waals surface area contributed by atoms with Crippen LogP contribution >= 0.6 is 0 Å². The van der Waals surface area contributed by atoms with Crippen LogP contribution in [-0.2, 0) is 10.0 Å². The molecule has 2 aromatic heterocycles. The number of imidazole rings is 1. The number of nitrogens with one attached hydrogen (secondary N) is 1. The Morgan fingerprint density at radius 1 is 1.00 bits per heavy atom. The molecule has 6 nitrogen and oxygen atoms in total. The van der Waals surface area contributed by atoms with Gasteiger partial charge in [0, 0.05) is 22.9 Å². The molecule has 8 heteroatoms. The number of aromatic nitrogens is 2. The van der Waals surface area contributed by atoms with Gasteiger partial charge >= 0.3 is 0 Å². The Bertz CT molecular complexity index is 1410. The first-order valence-electron chi connectivity index (χ1n) is 10.0. The molecular weight excluding hydrogens is 429 g/mol. The van der Waals surface area contributed by atoms with Crippen LogP contribution in [0.1, 0.15) is 20.8 Å². The Hall–Kier alpha value is -3.23. The molecule has 0 spiro atoms. The number of sulfonamides is 1. The fraction of sp³-hybridized carbons (Fsp3) is 0.208. The second kappa shape index (κ2) is 8.03. The molecule has 2 aromatic carbocycles. The third-order valence-electron chi connectivity index (χ3n) is 4.84. The third-order valence-corrected chi connectivity index (χ3v) is 6.65. The summed E-state index contributed by atoms with van der Waals surface area (Å²) in [6.07, 6.45) is 1.71. The molecule has 1 N–H and O–H groups in total. The van der Waals surface area contributed by atoms with E-state index in [1.54, 1.807) is 74.9 Å². The lowest BCUT2D eigenvalue weighted by atomic mass is 10.0. The predicted octanol–water partition coefficient (Wildman–Crippen LogP) is 4.89. The second-order valence-electron chi connectivity index (χ2n) is 8.47. The van der Waals surface area contributed by atoms with Gasteiger partial charge in [-0.05, 0) is 56.7 Å². The molecule has 4 rings (SSSR count). The molecule has 0 saturated carbocycles. The van der Waals surface area contributed by atoms with Crippen molar-refractivity contribution in [1.82, 2.24) is 14.1 Å². The number of ether oxygens (including phenoxy) is 1. The monoisotopic (exact) mass is 453 g/mol. The smallest absolute Gasteiger partial charge is 0.241 e. The first-order valence-corrected chi connectivity index (χ1v) is 11.5. The van der Waals surface area contributed by atoms with E-state index < -0.39 is 21.4 Å². The van der Waals surface area contributed by atoms with Gasteiger partial charge in [0.05, 0.1) is 17.7 Å². The van der Waals surface area contributed by atoms with Crippen molar-refractivity contribution in [3.63, 3.8) is 0 Å². The molecular formula is C24H24FN3O3S. The Kier molecular flexibility index (Phi) is 5.52. The number of hydrogen-bond acceptors (Lipinski definition) is 4. The molecule has 0 fully saturated rings. The number of hydrogen-bond donors (Lipinski definition) is 1. The number of fused-ring (bicyclic) bond motifs is 1. The molecule has 0 bridgehead atoms. The summed E-state index contributed by atoms with van der Waals surface area (Å²) < 4.78 is 50.8. The van der Waals surface area contributed by atoms with Crippen LogP contribution in [0.3, 0.4) is 0 Å². The van der Waals surface area contributed by atoms with Gasteiger partial charge in [0.25, 0.3) is 0 Å².